The summed E-state index contributed by atoms with van der Waals surface area (Å²) in [5.74, 6) is -0.261. The van der Waals surface area contributed by atoms with Crippen LogP contribution in [0.25, 0.3) is 5.69 Å². The Morgan fingerprint density at radius 2 is 1.92 bits per heavy atom. The quantitative estimate of drug-likeness (QED) is 0.749. The zero-order valence-electron chi connectivity index (χ0n) is 13.4. The highest BCUT2D eigenvalue weighted by molar-refractivity contribution is 6.02. The van der Waals surface area contributed by atoms with E-state index in [9.17, 15) is 9.59 Å². The standard InChI is InChI=1S/C16H17N7O2/c24-15(14-9-10-22(19-14)12-3-1-2-4-12)17-11-5-7-13(8-6-11)23-16(25)18-20-21-23/h5-10,12H,1-4H2,(H,17,24)(H,18,21,25). The fraction of sp³-hybridized carbons (Fsp3) is 0.312. The van der Waals surface area contributed by atoms with Gasteiger partial charge in [0.15, 0.2) is 5.69 Å². The van der Waals surface area contributed by atoms with Crippen molar-refractivity contribution in [2.75, 3.05) is 5.32 Å². The molecular formula is C16H17N7O2. The van der Waals surface area contributed by atoms with E-state index >= 15 is 0 Å². The number of benzene rings is 1. The lowest BCUT2D eigenvalue weighted by Crippen LogP contribution is -2.16. The Labute approximate surface area is 142 Å². The number of aromatic nitrogens is 6. The van der Waals surface area contributed by atoms with Crippen LogP contribution in [0.4, 0.5) is 5.69 Å². The topological polar surface area (TPSA) is 110 Å². The first kappa shape index (κ1) is 15.3. The number of hydrogen-bond acceptors (Lipinski definition) is 5. The Bertz CT molecular complexity index is 932. The van der Waals surface area contributed by atoms with Crippen LogP contribution in [0.15, 0.2) is 41.3 Å². The summed E-state index contributed by atoms with van der Waals surface area (Å²) in [6.07, 6.45) is 6.53. The van der Waals surface area contributed by atoms with Crippen LogP contribution < -0.4 is 11.0 Å². The normalized spacial score (nSPS) is 14.7. The van der Waals surface area contributed by atoms with Gasteiger partial charge in [0.2, 0.25) is 0 Å². The maximum atomic E-state index is 12.3. The molecule has 2 N–H and O–H groups in total. The molecule has 9 nitrogen and oxygen atoms in total. The van der Waals surface area contributed by atoms with Crippen molar-refractivity contribution < 1.29 is 4.79 Å². The number of carbonyl (C=O) groups excluding carboxylic acids is 1. The summed E-state index contributed by atoms with van der Waals surface area (Å²) in [6.45, 7) is 0. The number of nitrogens with zero attached hydrogens (tertiary/aromatic N) is 5. The Kier molecular flexibility index (Phi) is 3.88. The van der Waals surface area contributed by atoms with Gasteiger partial charge in [0.1, 0.15) is 0 Å². The third kappa shape index (κ3) is 3.08. The summed E-state index contributed by atoms with van der Waals surface area (Å²) in [7, 11) is 0. The van der Waals surface area contributed by atoms with Crippen molar-refractivity contribution in [1.82, 2.24) is 30.0 Å². The van der Waals surface area contributed by atoms with Crippen molar-refractivity contribution in [2.45, 2.75) is 31.7 Å². The van der Waals surface area contributed by atoms with Gasteiger partial charge in [0.05, 0.1) is 11.7 Å². The third-order valence-electron chi connectivity index (χ3n) is 4.38. The number of carbonyl (C=O) groups is 1. The first-order chi connectivity index (χ1) is 12.2. The van der Waals surface area contributed by atoms with Crippen molar-refractivity contribution in [3.05, 3.63) is 52.7 Å². The van der Waals surface area contributed by atoms with Crippen molar-refractivity contribution in [2.24, 2.45) is 0 Å². The number of tetrazole rings is 1. The summed E-state index contributed by atoms with van der Waals surface area (Å²) < 4.78 is 3.02. The lowest BCUT2D eigenvalue weighted by atomic mass is 10.2. The molecule has 0 atom stereocenters. The van der Waals surface area contributed by atoms with E-state index in [-0.39, 0.29) is 5.91 Å². The van der Waals surface area contributed by atoms with E-state index in [1.54, 1.807) is 30.3 Å². The monoisotopic (exact) mass is 339 g/mol. The number of hydrogen-bond donors (Lipinski definition) is 2. The number of rotatable bonds is 4. The van der Waals surface area contributed by atoms with Crippen LogP contribution in [-0.2, 0) is 0 Å². The van der Waals surface area contributed by atoms with Crippen LogP contribution in [0.5, 0.6) is 0 Å². The van der Waals surface area contributed by atoms with Gasteiger partial charge in [-0.2, -0.15) is 9.78 Å². The first-order valence-electron chi connectivity index (χ1n) is 8.18. The van der Waals surface area contributed by atoms with Gasteiger partial charge in [-0.1, -0.05) is 12.8 Å². The second kappa shape index (κ2) is 6.34. The maximum Gasteiger partial charge on any atom is 0.365 e. The van der Waals surface area contributed by atoms with Crippen LogP contribution in [0.2, 0.25) is 0 Å². The molecule has 4 rings (SSSR count). The molecule has 0 unspecified atom stereocenters. The Hall–Kier alpha value is -3.23. The number of aromatic amines is 1. The van der Waals surface area contributed by atoms with Gasteiger partial charge in [0, 0.05) is 11.9 Å². The maximum absolute atomic E-state index is 12.3. The highest BCUT2D eigenvalue weighted by Crippen LogP contribution is 2.28. The van der Waals surface area contributed by atoms with Crippen LogP contribution in [0.3, 0.4) is 0 Å². The molecule has 2 heterocycles. The van der Waals surface area contributed by atoms with Gasteiger partial charge in [-0.3, -0.25) is 9.48 Å². The smallest absolute Gasteiger partial charge is 0.321 e. The van der Waals surface area contributed by atoms with Crippen molar-refractivity contribution >= 4 is 11.6 Å². The molecule has 0 bridgehead atoms. The predicted octanol–water partition coefficient (Wildman–Crippen LogP) is 1.52. The van der Waals surface area contributed by atoms with E-state index in [2.05, 4.69) is 25.9 Å². The van der Waals surface area contributed by atoms with Gasteiger partial charge >= 0.3 is 5.69 Å². The van der Waals surface area contributed by atoms with E-state index < -0.39 is 5.69 Å². The summed E-state index contributed by atoms with van der Waals surface area (Å²) in [4.78, 5) is 23.8. The summed E-state index contributed by atoms with van der Waals surface area (Å²) in [5.41, 5.74) is 1.14. The molecule has 1 aliphatic rings. The zero-order chi connectivity index (χ0) is 17.2. The Morgan fingerprint density at radius 1 is 1.16 bits per heavy atom. The molecule has 1 amide bonds. The molecular weight excluding hydrogens is 322 g/mol. The number of anilines is 1. The molecule has 3 aromatic rings. The zero-order valence-corrected chi connectivity index (χ0v) is 13.4. The molecule has 0 radical (unpaired) electrons. The lowest BCUT2D eigenvalue weighted by Gasteiger charge is -2.09. The predicted molar refractivity (Wildman–Crippen MR) is 89.7 cm³/mol. The molecule has 0 aliphatic heterocycles. The van der Waals surface area contributed by atoms with E-state index in [1.807, 2.05) is 10.9 Å². The van der Waals surface area contributed by atoms with Gasteiger partial charge in [0.25, 0.3) is 5.91 Å². The lowest BCUT2D eigenvalue weighted by molar-refractivity contribution is 0.102. The molecule has 0 saturated heterocycles. The minimum absolute atomic E-state index is 0.261. The summed E-state index contributed by atoms with van der Waals surface area (Å²) in [6, 6.07) is 8.89. The van der Waals surface area contributed by atoms with Gasteiger partial charge in [-0.15, -0.1) is 0 Å². The second-order valence-electron chi connectivity index (χ2n) is 6.04. The Balaban J connectivity index is 1.45. The summed E-state index contributed by atoms with van der Waals surface area (Å²) >= 11 is 0. The van der Waals surface area contributed by atoms with Crippen LogP contribution in [0.1, 0.15) is 42.2 Å². The van der Waals surface area contributed by atoms with Gasteiger partial charge in [-0.05, 0) is 53.6 Å². The molecule has 0 spiro atoms. The largest absolute Gasteiger partial charge is 0.365 e. The fourth-order valence-electron chi connectivity index (χ4n) is 3.08. The Morgan fingerprint density at radius 3 is 2.60 bits per heavy atom. The minimum Gasteiger partial charge on any atom is -0.321 e. The highest BCUT2D eigenvalue weighted by Gasteiger charge is 2.19. The third-order valence-corrected chi connectivity index (χ3v) is 4.38. The number of amides is 1. The van der Waals surface area contributed by atoms with E-state index in [1.165, 1.54) is 12.8 Å². The molecule has 128 valence electrons. The second-order valence-corrected chi connectivity index (χ2v) is 6.04. The van der Waals surface area contributed by atoms with E-state index in [0.29, 0.717) is 23.1 Å². The molecule has 1 fully saturated rings. The molecule has 25 heavy (non-hydrogen) atoms. The number of nitrogens with one attached hydrogen (secondary N) is 2. The van der Waals surface area contributed by atoms with Gasteiger partial charge in [-0.25, -0.2) is 9.89 Å². The average molecular weight is 339 g/mol. The van der Waals surface area contributed by atoms with Crippen molar-refractivity contribution in [3.63, 3.8) is 0 Å². The van der Waals surface area contributed by atoms with Gasteiger partial charge < -0.3 is 5.32 Å². The van der Waals surface area contributed by atoms with Crippen molar-refractivity contribution in [3.8, 4) is 5.69 Å². The molecule has 1 saturated carbocycles. The molecule has 2 aromatic heterocycles. The van der Waals surface area contributed by atoms with Crippen molar-refractivity contribution in [1.29, 1.82) is 0 Å². The fourth-order valence-corrected chi connectivity index (χ4v) is 3.08. The van der Waals surface area contributed by atoms with Crippen LogP contribution in [-0.4, -0.2) is 35.9 Å². The summed E-state index contributed by atoms with van der Waals surface area (Å²) in [5, 5.41) is 16.5. The SMILES string of the molecule is O=C(Nc1ccc(-n2nn[nH]c2=O)cc1)c1ccn(C2CCCC2)n1. The van der Waals surface area contributed by atoms with E-state index in [4.69, 9.17) is 0 Å². The van der Waals surface area contributed by atoms with E-state index in [0.717, 1.165) is 17.5 Å². The number of H-pyrrole nitrogens is 1. The van der Waals surface area contributed by atoms with Crippen LogP contribution >= 0.6 is 0 Å². The molecule has 1 aliphatic carbocycles. The molecule has 9 heteroatoms. The molecule has 1 aromatic carbocycles. The minimum atomic E-state index is -0.422. The first-order valence-corrected chi connectivity index (χ1v) is 8.18. The highest BCUT2D eigenvalue weighted by atomic mass is 16.2. The van der Waals surface area contributed by atoms with Crippen LogP contribution in [0, 0.1) is 0 Å². The average Bonchev–Trinajstić information content (AvgIpc) is 3.36.